The Morgan fingerprint density at radius 3 is 2.29 bits per heavy atom. The van der Waals surface area contributed by atoms with Crippen LogP contribution in [0.15, 0.2) is 30.3 Å². The molecule has 7 heteroatoms. The van der Waals surface area contributed by atoms with E-state index in [1.165, 1.54) is 12.1 Å². The van der Waals surface area contributed by atoms with Gasteiger partial charge in [-0.1, -0.05) is 29.3 Å². The van der Waals surface area contributed by atoms with Crippen molar-refractivity contribution >= 4 is 34.8 Å². The molecule has 2 aromatic carbocycles. The Morgan fingerprint density at radius 1 is 1.14 bits per heavy atom. The van der Waals surface area contributed by atoms with Crippen LogP contribution >= 0.6 is 23.2 Å². The number of hydrogen-bond acceptors (Lipinski definition) is 2. The maximum absolute atomic E-state index is 13.8. The SMILES string of the molecule is NC(=O)c1ccc(CNc2c(Cl)cc(F)cc2Cl)c(F)c1. The zero-order chi connectivity index (χ0) is 15.6. The van der Waals surface area contributed by atoms with E-state index < -0.39 is 17.5 Å². The summed E-state index contributed by atoms with van der Waals surface area (Å²) in [5, 5.41) is 3.01. The van der Waals surface area contributed by atoms with E-state index in [2.05, 4.69) is 5.32 Å². The van der Waals surface area contributed by atoms with Gasteiger partial charge >= 0.3 is 0 Å². The lowest BCUT2D eigenvalue weighted by atomic mass is 10.1. The molecule has 0 radical (unpaired) electrons. The molecule has 2 rings (SSSR count). The first kappa shape index (κ1) is 15.5. The van der Waals surface area contributed by atoms with Crippen molar-refractivity contribution in [1.29, 1.82) is 0 Å². The van der Waals surface area contributed by atoms with Gasteiger partial charge in [0, 0.05) is 17.7 Å². The fourth-order valence-electron chi connectivity index (χ4n) is 1.74. The molecule has 0 aromatic heterocycles. The zero-order valence-electron chi connectivity index (χ0n) is 10.6. The monoisotopic (exact) mass is 330 g/mol. The molecular weight excluding hydrogens is 321 g/mol. The van der Waals surface area contributed by atoms with Crippen LogP contribution in [0.5, 0.6) is 0 Å². The first-order valence-corrected chi connectivity index (χ1v) is 6.60. The van der Waals surface area contributed by atoms with Crippen molar-refractivity contribution in [2.45, 2.75) is 6.54 Å². The molecule has 0 saturated carbocycles. The Hall–Kier alpha value is -1.85. The maximum Gasteiger partial charge on any atom is 0.248 e. The normalized spacial score (nSPS) is 10.5. The van der Waals surface area contributed by atoms with E-state index in [0.29, 0.717) is 5.69 Å². The number of hydrogen-bond donors (Lipinski definition) is 2. The van der Waals surface area contributed by atoms with E-state index >= 15 is 0 Å². The summed E-state index contributed by atoms with van der Waals surface area (Å²) < 4.78 is 26.9. The number of rotatable bonds is 4. The number of anilines is 1. The molecule has 0 unspecified atom stereocenters. The highest BCUT2D eigenvalue weighted by atomic mass is 35.5. The average molecular weight is 331 g/mol. The second-order valence-electron chi connectivity index (χ2n) is 4.27. The predicted octanol–water partition coefficient (Wildman–Crippen LogP) is 3.98. The second kappa shape index (κ2) is 6.28. The van der Waals surface area contributed by atoms with Crippen molar-refractivity contribution < 1.29 is 13.6 Å². The van der Waals surface area contributed by atoms with Gasteiger partial charge in [-0.25, -0.2) is 8.78 Å². The first-order valence-electron chi connectivity index (χ1n) is 5.85. The topological polar surface area (TPSA) is 55.1 Å². The molecule has 110 valence electrons. The maximum atomic E-state index is 13.8. The van der Waals surface area contributed by atoms with Gasteiger partial charge in [0.05, 0.1) is 15.7 Å². The molecule has 1 amide bonds. The number of primary amides is 1. The lowest BCUT2D eigenvalue weighted by molar-refractivity contribution is 0.1000. The number of amides is 1. The predicted molar refractivity (Wildman–Crippen MR) is 78.7 cm³/mol. The fourth-order valence-corrected chi connectivity index (χ4v) is 2.33. The highest BCUT2D eigenvalue weighted by Crippen LogP contribution is 2.31. The summed E-state index contributed by atoms with van der Waals surface area (Å²) in [4.78, 5) is 10.9. The summed E-state index contributed by atoms with van der Waals surface area (Å²) in [7, 11) is 0. The van der Waals surface area contributed by atoms with Crippen LogP contribution in [-0.2, 0) is 6.54 Å². The average Bonchev–Trinajstić information content (AvgIpc) is 2.38. The summed E-state index contributed by atoms with van der Waals surface area (Å²) in [6.45, 7) is 0.0654. The smallest absolute Gasteiger partial charge is 0.248 e. The third-order valence-corrected chi connectivity index (χ3v) is 3.40. The Balaban J connectivity index is 2.19. The van der Waals surface area contributed by atoms with E-state index in [9.17, 15) is 13.6 Å². The van der Waals surface area contributed by atoms with Crippen LogP contribution in [0.3, 0.4) is 0 Å². The van der Waals surface area contributed by atoms with Crippen LogP contribution in [0.4, 0.5) is 14.5 Å². The van der Waals surface area contributed by atoms with Gasteiger partial charge in [0.15, 0.2) is 0 Å². The highest BCUT2D eigenvalue weighted by Gasteiger charge is 2.11. The minimum Gasteiger partial charge on any atom is -0.378 e. The van der Waals surface area contributed by atoms with E-state index in [4.69, 9.17) is 28.9 Å². The van der Waals surface area contributed by atoms with Gasteiger partial charge in [0.1, 0.15) is 11.6 Å². The Morgan fingerprint density at radius 2 is 1.76 bits per heavy atom. The molecule has 21 heavy (non-hydrogen) atoms. The molecular formula is C14H10Cl2F2N2O. The van der Waals surface area contributed by atoms with Gasteiger partial charge in [-0.05, 0) is 24.3 Å². The molecule has 0 aliphatic heterocycles. The third kappa shape index (κ3) is 3.62. The molecule has 0 bridgehead atoms. The lowest BCUT2D eigenvalue weighted by Gasteiger charge is -2.11. The number of nitrogens with one attached hydrogen (secondary N) is 1. The van der Waals surface area contributed by atoms with Crippen LogP contribution in [0.25, 0.3) is 0 Å². The number of carbonyl (C=O) groups excluding carboxylic acids is 1. The summed E-state index contributed by atoms with van der Waals surface area (Å²) >= 11 is 11.7. The molecule has 0 heterocycles. The van der Waals surface area contributed by atoms with Crippen molar-refractivity contribution in [1.82, 2.24) is 0 Å². The Bertz CT molecular complexity index is 684. The molecule has 0 aliphatic rings. The molecule has 3 N–H and O–H groups in total. The standard InChI is InChI=1S/C14H10Cl2F2N2O/c15-10-4-9(17)5-11(16)13(10)20-6-8-2-1-7(14(19)21)3-12(8)18/h1-5,20H,6H2,(H2,19,21). The summed E-state index contributed by atoms with van der Waals surface area (Å²) in [5.41, 5.74) is 5.73. The van der Waals surface area contributed by atoms with Crippen LogP contribution in [-0.4, -0.2) is 5.91 Å². The van der Waals surface area contributed by atoms with Crippen LogP contribution in [0.2, 0.25) is 10.0 Å². The molecule has 0 atom stereocenters. The van der Waals surface area contributed by atoms with Gasteiger partial charge in [0.2, 0.25) is 5.91 Å². The quantitative estimate of drug-likeness (QED) is 0.890. The van der Waals surface area contributed by atoms with Crippen LogP contribution in [0.1, 0.15) is 15.9 Å². The second-order valence-corrected chi connectivity index (χ2v) is 5.08. The minimum atomic E-state index is -0.710. The van der Waals surface area contributed by atoms with Crippen LogP contribution in [0, 0.1) is 11.6 Å². The third-order valence-electron chi connectivity index (χ3n) is 2.80. The summed E-state index contributed by atoms with van der Waals surface area (Å²) in [5.74, 6) is -1.86. The van der Waals surface area contributed by atoms with Crippen molar-refractivity contribution in [2.24, 2.45) is 5.73 Å². The Kier molecular flexibility index (Phi) is 4.65. The highest BCUT2D eigenvalue weighted by molar-refractivity contribution is 6.39. The number of carbonyl (C=O) groups is 1. The number of benzene rings is 2. The van der Waals surface area contributed by atoms with Crippen molar-refractivity contribution in [3.05, 3.63) is 63.1 Å². The minimum absolute atomic E-state index is 0.0654. The molecule has 0 spiro atoms. The molecule has 0 aliphatic carbocycles. The van der Waals surface area contributed by atoms with Gasteiger partial charge < -0.3 is 11.1 Å². The lowest BCUT2D eigenvalue weighted by Crippen LogP contribution is -2.12. The van der Waals surface area contributed by atoms with Crippen molar-refractivity contribution in [2.75, 3.05) is 5.32 Å². The Labute approximate surface area is 129 Å². The van der Waals surface area contributed by atoms with E-state index in [-0.39, 0.29) is 27.7 Å². The summed E-state index contributed by atoms with van der Waals surface area (Å²) in [6, 6.07) is 6.09. The van der Waals surface area contributed by atoms with Gasteiger partial charge in [-0.2, -0.15) is 0 Å². The first-order chi connectivity index (χ1) is 9.88. The largest absolute Gasteiger partial charge is 0.378 e. The molecule has 0 fully saturated rings. The van der Waals surface area contributed by atoms with Crippen LogP contribution < -0.4 is 11.1 Å². The van der Waals surface area contributed by atoms with Gasteiger partial charge in [0.25, 0.3) is 0 Å². The van der Waals surface area contributed by atoms with E-state index in [0.717, 1.165) is 18.2 Å². The molecule has 2 aromatic rings. The van der Waals surface area contributed by atoms with Crippen molar-refractivity contribution in [3.8, 4) is 0 Å². The molecule has 3 nitrogen and oxygen atoms in total. The van der Waals surface area contributed by atoms with Gasteiger partial charge in [-0.3, -0.25) is 4.79 Å². The number of halogens is 4. The van der Waals surface area contributed by atoms with E-state index in [1.54, 1.807) is 0 Å². The molecule has 0 saturated heterocycles. The fraction of sp³-hybridized carbons (Fsp3) is 0.0714. The van der Waals surface area contributed by atoms with E-state index in [1.807, 2.05) is 0 Å². The zero-order valence-corrected chi connectivity index (χ0v) is 12.1. The van der Waals surface area contributed by atoms with Gasteiger partial charge in [-0.15, -0.1) is 0 Å². The number of nitrogens with two attached hydrogens (primary N) is 1. The summed E-state index contributed by atoms with van der Waals surface area (Å²) in [6.07, 6.45) is 0. The van der Waals surface area contributed by atoms with Crippen molar-refractivity contribution in [3.63, 3.8) is 0 Å².